The molecular formula is C38H41FN10O4S2. The number of likely N-dealkylation sites (tertiary alicyclic amines) is 1. The van der Waals surface area contributed by atoms with Crippen LogP contribution < -0.4 is 26.8 Å². The molecule has 14 nitrogen and oxygen atoms in total. The van der Waals surface area contributed by atoms with Crippen LogP contribution in [0.25, 0.3) is 20.4 Å². The Kier molecular flexibility index (Phi) is 11.5. The van der Waals surface area contributed by atoms with Crippen molar-refractivity contribution in [3.63, 3.8) is 0 Å². The lowest BCUT2D eigenvalue weighted by Gasteiger charge is -2.38. The largest absolute Gasteiger partial charge is 0.415 e. The fourth-order valence-electron chi connectivity index (χ4n) is 6.39. The monoisotopic (exact) mass is 784 g/mol. The highest BCUT2D eigenvalue weighted by Crippen LogP contribution is 2.38. The molecule has 0 bridgehead atoms. The van der Waals surface area contributed by atoms with Gasteiger partial charge < -0.3 is 31.7 Å². The minimum atomic E-state index is -0.471. The van der Waals surface area contributed by atoms with E-state index in [1.54, 1.807) is 43.5 Å². The van der Waals surface area contributed by atoms with Crippen molar-refractivity contribution in [3.05, 3.63) is 91.9 Å². The highest BCUT2D eigenvalue weighted by atomic mass is 32.1. The summed E-state index contributed by atoms with van der Waals surface area (Å²) in [5, 5.41) is 24.1. The number of nitrogens with zero attached hydrogens (tertiary/aromatic N) is 6. The Morgan fingerprint density at radius 3 is 2.35 bits per heavy atom. The number of anilines is 2. The predicted molar refractivity (Wildman–Crippen MR) is 212 cm³/mol. The van der Waals surface area contributed by atoms with Crippen LogP contribution in [0.3, 0.4) is 0 Å². The third-order valence-corrected chi connectivity index (χ3v) is 11.7. The van der Waals surface area contributed by atoms with E-state index < -0.39 is 6.09 Å². The van der Waals surface area contributed by atoms with E-state index in [1.165, 1.54) is 33.8 Å². The average molecular weight is 785 g/mol. The summed E-state index contributed by atoms with van der Waals surface area (Å²) in [5.41, 5.74) is 18.2. The number of hydrogen-bond acceptors (Lipinski definition) is 13. The van der Waals surface area contributed by atoms with E-state index in [0.29, 0.717) is 60.8 Å². The number of rotatable bonds is 6. The van der Waals surface area contributed by atoms with Gasteiger partial charge in [0.05, 0.1) is 35.0 Å². The standard InChI is InChI=1S/C19H19FN4OS.C18H18N6O3S.CH4/c1-10-5-4-6-11(15(10)20)9-22-18(25)17-16(21)14-12-7-2-3-8-13(12)23-24-19(14)26-17;1-9-10(2)22-23-17-13(9)14(19)15(28-17)16(25)21-11-7-24(8-11)18(26)27-12-4-3-5-20-6-12;/h4-6H,2-3,7-9,21H2,1H3,(H,22,25);3-6,11H,7-8,19H2,1-2H3,(H,21,25);1H4. The normalized spacial score (nSPS) is 13.6. The first-order valence-electron chi connectivity index (χ1n) is 17.3. The van der Waals surface area contributed by atoms with Gasteiger partial charge in [-0.3, -0.25) is 14.6 Å². The summed E-state index contributed by atoms with van der Waals surface area (Å²) in [6.07, 6.45) is 6.61. The number of carbonyl (C=O) groups excluding carboxylic acids is 3. The van der Waals surface area contributed by atoms with Crippen LogP contribution in [-0.4, -0.2) is 67.3 Å². The highest BCUT2D eigenvalue weighted by molar-refractivity contribution is 7.21. The van der Waals surface area contributed by atoms with Crippen molar-refractivity contribution in [2.45, 2.75) is 66.5 Å². The van der Waals surface area contributed by atoms with Crippen molar-refractivity contribution in [2.75, 3.05) is 24.6 Å². The van der Waals surface area contributed by atoms with Crippen molar-refractivity contribution in [3.8, 4) is 5.75 Å². The Hall–Kier alpha value is -5.81. The zero-order valence-electron chi connectivity index (χ0n) is 29.7. The van der Waals surface area contributed by atoms with E-state index in [4.69, 9.17) is 16.2 Å². The van der Waals surface area contributed by atoms with Crippen molar-refractivity contribution in [1.82, 2.24) is 40.9 Å². The summed E-state index contributed by atoms with van der Waals surface area (Å²) in [5.74, 6) is -0.499. The number of pyridine rings is 1. The SMILES string of the molecule is C.Cc1cccc(CNC(=O)c2sc3nnc4c(c3c2N)CCCC4)c1F.Cc1nnc2sc(C(=O)NC3CN(C(=O)Oc4cccnc4)C3)c(N)c2c1C. The van der Waals surface area contributed by atoms with Crippen LogP contribution in [0.1, 0.15) is 73.3 Å². The Bertz CT molecular complexity index is 2410. The van der Waals surface area contributed by atoms with Gasteiger partial charge >= 0.3 is 6.09 Å². The molecule has 0 saturated carbocycles. The van der Waals surface area contributed by atoms with Crippen LogP contribution in [0.5, 0.6) is 5.75 Å². The molecular weight excluding hydrogens is 744 g/mol. The molecule has 17 heteroatoms. The van der Waals surface area contributed by atoms with Gasteiger partial charge in [0.15, 0.2) is 5.75 Å². The summed E-state index contributed by atoms with van der Waals surface area (Å²) >= 11 is 2.46. The molecule has 5 aromatic heterocycles. The van der Waals surface area contributed by atoms with Crippen LogP contribution >= 0.6 is 22.7 Å². The van der Waals surface area contributed by atoms with Gasteiger partial charge in [-0.05, 0) is 75.3 Å². The summed E-state index contributed by atoms with van der Waals surface area (Å²) in [6.45, 7) is 6.32. The molecule has 1 fully saturated rings. The van der Waals surface area contributed by atoms with Crippen molar-refractivity contribution in [2.24, 2.45) is 0 Å². The molecule has 3 amide bonds. The van der Waals surface area contributed by atoms with E-state index in [2.05, 4.69) is 36.0 Å². The number of thiophene rings is 2. The van der Waals surface area contributed by atoms with Gasteiger partial charge in [-0.2, -0.15) is 10.2 Å². The summed E-state index contributed by atoms with van der Waals surface area (Å²) in [4.78, 5) is 44.9. The molecule has 55 heavy (non-hydrogen) atoms. The summed E-state index contributed by atoms with van der Waals surface area (Å²) in [7, 11) is 0. The van der Waals surface area contributed by atoms with Gasteiger partial charge in [0.1, 0.15) is 25.2 Å². The maximum Gasteiger partial charge on any atom is 0.415 e. The number of aryl methyl sites for hydroxylation is 5. The van der Waals surface area contributed by atoms with E-state index in [1.807, 2.05) is 13.8 Å². The molecule has 1 aliphatic heterocycles. The molecule has 2 aliphatic rings. The first kappa shape index (κ1) is 38.9. The van der Waals surface area contributed by atoms with Crippen LogP contribution in [0, 0.1) is 26.6 Å². The lowest BCUT2D eigenvalue weighted by molar-refractivity contribution is 0.0792. The first-order valence-corrected chi connectivity index (χ1v) is 18.9. The number of carbonyl (C=O) groups is 3. The number of amides is 3. The number of halogens is 1. The molecule has 0 radical (unpaired) electrons. The number of aromatic nitrogens is 5. The van der Waals surface area contributed by atoms with E-state index in [-0.39, 0.29) is 37.6 Å². The third kappa shape index (κ3) is 7.88. The van der Waals surface area contributed by atoms with Gasteiger partial charge in [0.25, 0.3) is 11.8 Å². The van der Waals surface area contributed by atoms with Gasteiger partial charge in [0.2, 0.25) is 0 Å². The molecule has 6 N–H and O–H groups in total. The third-order valence-electron chi connectivity index (χ3n) is 9.50. The van der Waals surface area contributed by atoms with E-state index in [9.17, 15) is 18.8 Å². The molecule has 1 aromatic carbocycles. The number of nitrogens with two attached hydrogens (primary N) is 2. The number of fused-ring (bicyclic) bond motifs is 4. The van der Waals surface area contributed by atoms with Gasteiger partial charge in [-0.25, -0.2) is 9.18 Å². The van der Waals surface area contributed by atoms with E-state index >= 15 is 0 Å². The number of nitrogens with one attached hydrogen (secondary N) is 2. The van der Waals surface area contributed by atoms with Crippen molar-refractivity contribution in [1.29, 1.82) is 0 Å². The zero-order chi connectivity index (χ0) is 38.1. The Balaban J connectivity index is 0.000000184. The Labute approximate surface area is 324 Å². The fraction of sp³-hybridized carbons (Fsp3) is 0.316. The van der Waals surface area contributed by atoms with E-state index in [0.717, 1.165) is 59.0 Å². The maximum atomic E-state index is 14.1. The predicted octanol–water partition coefficient (Wildman–Crippen LogP) is 6.06. The summed E-state index contributed by atoms with van der Waals surface area (Å²) in [6, 6.07) is 8.32. The number of ether oxygens (including phenoxy) is 1. The molecule has 286 valence electrons. The molecule has 8 rings (SSSR count). The zero-order valence-corrected chi connectivity index (χ0v) is 31.4. The molecule has 1 aliphatic carbocycles. The maximum absolute atomic E-state index is 14.1. The highest BCUT2D eigenvalue weighted by Gasteiger charge is 2.34. The van der Waals surface area contributed by atoms with Crippen LogP contribution in [0.4, 0.5) is 20.6 Å². The van der Waals surface area contributed by atoms with Gasteiger partial charge in [-0.1, -0.05) is 25.6 Å². The lowest BCUT2D eigenvalue weighted by Crippen LogP contribution is -2.61. The van der Waals surface area contributed by atoms with Crippen LogP contribution in [-0.2, 0) is 19.4 Å². The topological polar surface area (TPSA) is 204 Å². The van der Waals surface area contributed by atoms with Gasteiger partial charge in [0, 0.05) is 42.2 Å². The minimum absolute atomic E-state index is 0. The Morgan fingerprint density at radius 1 is 0.909 bits per heavy atom. The van der Waals surface area contributed by atoms with Crippen LogP contribution in [0.2, 0.25) is 0 Å². The minimum Gasteiger partial charge on any atom is -0.409 e. The first-order chi connectivity index (χ1) is 26.0. The molecule has 0 atom stereocenters. The lowest BCUT2D eigenvalue weighted by atomic mass is 9.94. The number of hydrogen-bond donors (Lipinski definition) is 4. The number of benzene rings is 1. The molecule has 6 heterocycles. The smallest absolute Gasteiger partial charge is 0.409 e. The molecule has 0 unspecified atom stereocenters. The quantitative estimate of drug-likeness (QED) is 0.153. The molecule has 1 saturated heterocycles. The second-order valence-corrected chi connectivity index (χ2v) is 15.2. The molecule has 6 aromatic rings. The average Bonchev–Trinajstić information content (AvgIpc) is 3.69. The second kappa shape index (κ2) is 16.3. The number of nitrogen functional groups attached to an aromatic ring is 2. The Morgan fingerprint density at radius 2 is 1.60 bits per heavy atom. The van der Waals surface area contributed by atoms with Gasteiger partial charge in [-0.15, -0.1) is 32.9 Å². The van der Waals surface area contributed by atoms with Crippen molar-refractivity contribution >= 4 is 72.4 Å². The molecule has 0 spiro atoms. The second-order valence-electron chi connectivity index (χ2n) is 13.2. The van der Waals surface area contributed by atoms with Crippen molar-refractivity contribution < 1.29 is 23.5 Å². The summed E-state index contributed by atoms with van der Waals surface area (Å²) < 4.78 is 19.3. The van der Waals surface area contributed by atoms with Crippen LogP contribution in [0.15, 0.2) is 42.7 Å². The fourth-order valence-corrected chi connectivity index (χ4v) is 8.38.